The third kappa shape index (κ3) is 2.91. The van der Waals surface area contributed by atoms with Crippen LogP contribution in [0.3, 0.4) is 0 Å². The summed E-state index contributed by atoms with van der Waals surface area (Å²) < 4.78 is 13.4. The number of fused-ring (bicyclic) bond motifs is 1. The molecule has 5 nitrogen and oxygen atoms in total. The van der Waals surface area contributed by atoms with Crippen LogP contribution in [-0.4, -0.2) is 28.5 Å². The molecule has 2 aromatic carbocycles. The second-order valence-electron chi connectivity index (χ2n) is 7.16. The Morgan fingerprint density at radius 2 is 1.89 bits per heavy atom. The summed E-state index contributed by atoms with van der Waals surface area (Å²) in [4.78, 5) is 14.8. The minimum atomic E-state index is -0.426. The Balaban J connectivity index is 1.80. The number of phenols is 1. The number of nitrogens with one attached hydrogen (secondary N) is 2. The van der Waals surface area contributed by atoms with Gasteiger partial charge in [-0.25, -0.2) is 15.2 Å². The number of hydrazine groups is 1. The molecule has 2 saturated heterocycles. The van der Waals surface area contributed by atoms with Crippen molar-refractivity contribution in [1.29, 1.82) is 0 Å². The lowest BCUT2D eigenvalue weighted by molar-refractivity contribution is -0.130. The number of carbonyl (C=O) groups excluding carboxylic acids is 1. The van der Waals surface area contributed by atoms with Crippen molar-refractivity contribution in [2.24, 2.45) is 5.92 Å². The predicted octanol–water partition coefficient (Wildman–Crippen LogP) is 2.74. The molecule has 4 rings (SSSR count). The normalized spacial score (nSPS) is 27.0. The van der Waals surface area contributed by atoms with E-state index in [9.17, 15) is 14.3 Å². The molecule has 2 fully saturated rings. The minimum Gasteiger partial charge on any atom is -0.508 e. The molecule has 0 saturated carbocycles. The molecule has 3 N–H and O–H groups in total. The number of carbonyl (C=O) groups is 1. The number of hydrogen-bond acceptors (Lipinski definition) is 4. The van der Waals surface area contributed by atoms with Crippen LogP contribution in [0.2, 0.25) is 0 Å². The molecular weight excluding hydrogens is 345 g/mol. The van der Waals surface area contributed by atoms with Crippen molar-refractivity contribution in [3.8, 4) is 5.75 Å². The van der Waals surface area contributed by atoms with Crippen molar-refractivity contribution < 1.29 is 14.3 Å². The summed E-state index contributed by atoms with van der Waals surface area (Å²) in [6.07, 6.45) is 1.70. The van der Waals surface area contributed by atoms with Crippen LogP contribution in [0.5, 0.6) is 5.75 Å². The molecule has 4 unspecified atom stereocenters. The molecule has 0 spiro atoms. The Morgan fingerprint density at radius 1 is 1.19 bits per heavy atom. The molecule has 0 bridgehead atoms. The topological polar surface area (TPSA) is 64.6 Å². The lowest BCUT2D eigenvalue weighted by atomic mass is 9.83. The van der Waals surface area contributed by atoms with Gasteiger partial charge in [-0.1, -0.05) is 35.9 Å². The number of rotatable bonds is 4. The van der Waals surface area contributed by atoms with Crippen molar-refractivity contribution in [2.45, 2.75) is 25.0 Å². The third-order valence-electron chi connectivity index (χ3n) is 5.47. The first-order valence-corrected chi connectivity index (χ1v) is 8.98. The summed E-state index contributed by atoms with van der Waals surface area (Å²) >= 11 is 0. The molecule has 0 aromatic heterocycles. The van der Waals surface area contributed by atoms with Crippen LogP contribution in [0.4, 0.5) is 4.39 Å². The van der Waals surface area contributed by atoms with Gasteiger partial charge in [0.2, 0.25) is 5.91 Å². The fraction of sp³-hybridized carbons (Fsp3) is 0.286. The van der Waals surface area contributed by atoms with Crippen molar-refractivity contribution in [1.82, 2.24) is 15.8 Å². The van der Waals surface area contributed by atoms with E-state index in [0.717, 1.165) is 16.7 Å². The maximum atomic E-state index is 13.4. The highest BCUT2D eigenvalue weighted by Gasteiger charge is 2.55. The van der Waals surface area contributed by atoms with Crippen molar-refractivity contribution in [3.63, 3.8) is 0 Å². The maximum Gasteiger partial charge on any atom is 0.242 e. The molecule has 0 aliphatic carbocycles. The number of aromatic hydroxyl groups is 1. The zero-order valence-corrected chi connectivity index (χ0v) is 15.0. The molecule has 2 aliphatic rings. The number of amides is 1. The summed E-state index contributed by atoms with van der Waals surface area (Å²) in [5.74, 6) is -0.314. The van der Waals surface area contributed by atoms with E-state index >= 15 is 0 Å². The molecule has 27 heavy (non-hydrogen) atoms. The largest absolute Gasteiger partial charge is 0.508 e. The Bertz CT molecular complexity index is 883. The lowest BCUT2D eigenvalue weighted by Gasteiger charge is -2.31. The molecule has 6 heteroatoms. The number of nitrogens with zero attached hydrogens (tertiary/aromatic N) is 1. The van der Waals surface area contributed by atoms with Crippen LogP contribution in [-0.2, 0) is 4.79 Å². The molecule has 2 aromatic rings. The van der Waals surface area contributed by atoms with Crippen LogP contribution in [0, 0.1) is 18.7 Å². The fourth-order valence-electron chi connectivity index (χ4n) is 4.29. The van der Waals surface area contributed by atoms with E-state index in [1.165, 1.54) is 12.1 Å². The number of aryl methyl sites for hydroxylation is 1. The van der Waals surface area contributed by atoms with Gasteiger partial charge in [0.25, 0.3) is 0 Å². The SMILES string of the molecule is C=CCN1C(=O)C2NNC(c3cc(C)ccc3O)C2C1c1ccc(F)cc1. The monoisotopic (exact) mass is 367 g/mol. The van der Waals surface area contributed by atoms with Crippen LogP contribution in [0.1, 0.15) is 28.8 Å². The minimum absolute atomic E-state index is 0.0311. The van der Waals surface area contributed by atoms with Crippen LogP contribution in [0.25, 0.3) is 0 Å². The molecule has 4 atom stereocenters. The van der Waals surface area contributed by atoms with E-state index in [4.69, 9.17) is 0 Å². The highest BCUT2D eigenvalue weighted by molar-refractivity contribution is 5.86. The Morgan fingerprint density at radius 3 is 2.59 bits per heavy atom. The quantitative estimate of drug-likeness (QED) is 0.727. The van der Waals surface area contributed by atoms with Crippen molar-refractivity contribution >= 4 is 5.91 Å². The summed E-state index contributed by atoms with van der Waals surface area (Å²) in [5, 5.41) is 10.4. The van der Waals surface area contributed by atoms with E-state index in [2.05, 4.69) is 17.4 Å². The lowest BCUT2D eigenvalue weighted by Crippen LogP contribution is -2.41. The predicted molar refractivity (Wildman–Crippen MR) is 100 cm³/mol. The van der Waals surface area contributed by atoms with Gasteiger partial charge in [-0.3, -0.25) is 4.79 Å². The second kappa shape index (κ2) is 6.79. The number of halogens is 1. The summed E-state index contributed by atoms with van der Waals surface area (Å²) in [6, 6.07) is 10.8. The second-order valence-corrected chi connectivity index (χ2v) is 7.16. The molecule has 2 heterocycles. The van der Waals surface area contributed by atoms with Gasteiger partial charge in [0.15, 0.2) is 0 Å². The number of likely N-dealkylation sites (tertiary alicyclic amines) is 1. The van der Waals surface area contributed by atoms with Gasteiger partial charge in [0.1, 0.15) is 17.6 Å². The average Bonchev–Trinajstić information content (AvgIpc) is 3.19. The van der Waals surface area contributed by atoms with E-state index in [1.807, 2.05) is 19.1 Å². The summed E-state index contributed by atoms with van der Waals surface area (Å²) in [5.41, 5.74) is 8.93. The summed E-state index contributed by atoms with van der Waals surface area (Å²) in [6.45, 7) is 6.13. The van der Waals surface area contributed by atoms with E-state index < -0.39 is 6.04 Å². The Labute approximate surface area is 157 Å². The zero-order valence-electron chi connectivity index (χ0n) is 15.0. The standard InChI is InChI=1S/C21H22FN3O2/c1-3-10-25-20(13-5-7-14(22)8-6-13)17-18(23-24-19(17)21(25)27)15-11-12(2)4-9-16(15)26/h3-9,11,17-20,23-24,26H,1,10H2,2H3. The smallest absolute Gasteiger partial charge is 0.242 e. The number of benzene rings is 2. The zero-order chi connectivity index (χ0) is 19.1. The van der Waals surface area contributed by atoms with Crippen LogP contribution in [0.15, 0.2) is 55.1 Å². The molecule has 2 aliphatic heterocycles. The molecular formula is C21H22FN3O2. The Hall–Kier alpha value is -2.70. The molecule has 140 valence electrons. The van der Waals surface area contributed by atoms with E-state index in [-0.39, 0.29) is 35.5 Å². The average molecular weight is 367 g/mol. The van der Waals surface area contributed by atoms with E-state index in [1.54, 1.807) is 29.2 Å². The molecule has 1 amide bonds. The Kier molecular flexibility index (Phi) is 4.45. The highest BCUT2D eigenvalue weighted by atomic mass is 19.1. The first kappa shape index (κ1) is 17.7. The van der Waals surface area contributed by atoms with Gasteiger partial charge in [0, 0.05) is 18.0 Å². The fourth-order valence-corrected chi connectivity index (χ4v) is 4.29. The van der Waals surface area contributed by atoms with Gasteiger partial charge in [-0.05, 0) is 30.7 Å². The number of phenolic OH excluding ortho intramolecular Hbond substituents is 1. The molecule has 0 radical (unpaired) electrons. The van der Waals surface area contributed by atoms with Crippen molar-refractivity contribution in [2.75, 3.05) is 6.54 Å². The highest BCUT2D eigenvalue weighted by Crippen LogP contribution is 2.48. The maximum absolute atomic E-state index is 13.4. The van der Waals surface area contributed by atoms with E-state index in [0.29, 0.717) is 6.54 Å². The van der Waals surface area contributed by atoms with Gasteiger partial charge >= 0.3 is 0 Å². The summed E-state index contributed by atoms with van der Waals surface area (Å²) in [7, 11) is 0. The first-order chi connectivity index (χ1) is 13.0. The van der Waals surface area contributed by atoms with Gasteiger partial charge < -0.3 is 10.0 Å². The third-order valence-corrected chi connectivity index (χ3v) is 5.47. The van der Waals surface area contributed by atoms with Crippen LogP contribution >= 0.6 is 0 Å². The van der Waals surface area contributed by atoms with Gasteiger partial charge in [0.05, 0.1) is 12.1 Å². The number of hydrogen-bond donors (Lipinski definition) is 3. The first-order valence-electron chi connectivity index (χ1n) is 8.98. The van der Waals surface area contributed by atoms with Gasteiger partial charge in [-0.15, -0.1) is 6.58 Å². The van der Waals surface area contributed by atoms with Crippen LogP contribution < -0.4 is 10.9 Å². The van der Waals surface area contributed by atoms with Gasteiger partial charge in [-0.2, -0.15) is 0 Å². The van der Waals surface area contributed by atoms with Crippen molar-refractivity contribution in [3.05, 3.63) is 77.6 Å².